The normalized spacial score (nSPS) is 16.5. The van der Waals surface area contributed by atoms with Crippen molar-refractivity contribution in [2.24, 2.45) is 11.3 Å². The Balaban J connectivity index is 2.13. The van der Waals surface area contributed by atoms with Crippen LogP contribution in [0.1, 0.15) is 82.3 Å². The van der Waals surface area contributed by atoms with E-state index in [2.05, 4.69) is 78.0 Å². The standard InChI is InChI=1S/C30H41N3/c1-10-21(4)22(5)28-24(7)31-19-26(29(28)33-17-15-30(8,9)16-18-33)27-14-13-25(23(6)32-27)12-11-20(2)3/h1,13-14,19-20,22H,4,11-12,15-18H2,2-3,5-9H3. The van der Waals surface area contributed by atoms with Gasteiger partial charge in [-0.3, -0.25) is 9.97 Å². The number of piperidine rings is 1. The minimum absolute atomic E-state index is 0.0406. The van der Waals surface area contributed by atoms with Gasteiger partial charge in [0, 0.05) is 53.3 Å². The highest BCUT2D eigenvalue weighted by atomic mass is 15.1. The van der Waals surface area contributed by atoms with E-state index in [1.54, 1.807) is 0 Å². The van der Waals surface area contributed by atoms with Crippen LogP contribution in [0, 0.1) is 37.5 Å². The number of nitrogens with zero attached hydrogens (tertiary/aromatic N) is 3. The first-order valence-electron chi connectivity index (χ1n) is 12.4. The van der Waals surface area contributed by atoms with Gasteiger partial charge in [-0.05, 0) is 62.5 Å². The summed E-state index contributed by atoms with van der Waals surface area (Å²) in [5, 5.41) is 0. The Morgan fingerprint density at radius 3 is 2.39 bits per heavy atom. The Bertz CT molecular complexity index is 1040. The maximum Gasteiger partial charge on any atom is 0.0741 e. The zero-order chi connectivity index (χ0) is 24.3. The van der Waals surface area contributed by atoms with Gasteiger partial charge in [0.15, 0.2) is 0 Å². The molecule has 2 aromatic rings. The van der Waals surface area contributed by atoms with Gasteiger partial charge in [-0.2, -0.15) is 0 Å². The lowest BCUT2D eigenvalue weighted by atomic mass is 9.81. The van der Waals surface area contributed by atoms with E-state index in [4.69, 9.17) is 16.4 Å². The fraction of sp³-hybridized carbons (Fsp3) is 0.533. The Hall–Kier alpha value is -2.60. The second kappa shape index (κ2) is 10.1. The number of aryl methyl sites for hydroxylation is 3. The number of hydrogen-bond donors (Lipinski definition) is 0. The van der Waals surface area contributed by atoms with Crippen molar-refractivity contribution in [1.82, 2.24) is 9.97 Å². The van der Waals surface area contributed by atoms with Crippen LogP contribution in [0.25, 0.3) is 11.3 Å². The van der Waals surface area contributed by atoms with Crippen LogP contribution in [-0.4, -0.2) is 23.1 Å². The molecular formula is C30H41N3. The zero-order valence-corrected chi connectivity index (χ0v) is 21.8. The largest absolute Gasteiger partial charge is 0.371 e. The molecule has 0 N–H and O–H groups in total. The lowest BCUT2D eigenvalue weighted by Crippen LogP contribution is -2.38. The van der Waals surface area contributed by atoms with Gasteiger partial charge in [-0.25, -0.2) is 0 Å². The Kier molecular flexibility index (Phi) is 7.68. The summed E-state index contributed by atoms with van der Waals surface area (Å²) >= 11 is 0. The van der Waals surface area contributed by atoms with Crippen LogP contribution in [0.15, 0.2) is 30.5 Å². The molecule has 0 aromatic carbocycles. The van der Waals surface area contributed by atoms with Gasteiger partial charge in [0.05, 0.1) is 11.4 Å². The van der Waals surface area contributed by atoms with Crippen LogP contribution in [0.3, 0.4) is 0 Å². The van der Waals surface area contributed by atoms with Crippen molar-refractivity contribution < 1.29 is 0 Å². The summed E-state index contributed by atoms with van der Waals surface area (Å²) in [5.74, 6) is 3.51. The van der Waals surface area contributed by atoms with Crippen molar-refractivity contribution >= 4 is 5.69 Å². The number of allylic oxidation sites excluding steroid dienone is 1. The smallest absolute Gasteiger partial charge is 0.0741 e. The third-order valence-corrected chi connectivity index (χ3v) is 7.32. The van der Waals surface area contributed by atoms with Gasteiger partial charge < -0.3 is 4.90 Å². The molecule has 1 saturated heterocycles. The van der Waals surface area contributed by atoms with Crippen molar-refractivity contribution in [1.29, 1.82) is 0 Å². The molecule has 1 unspecified atom stereocenters. The van der Waals surface area contributed by atoms with Gasteiger partial charge in [0.1, 0.15) is 0 Å². The monoisotopic (exact) mass is 443 g/mol. The van der Waals surface area contributed by atoms with E-state index in [-0.39, 0.29) is 5.92 Å². The number of aromatic nitrogens is 2. The molecule has 3 heterocycles. The molecule has 0 amide bonds. The van der Waals surface area contributed by atoms with E-state index >= 15 is 0 Å². The first kappa shape index (κ1) is 25.0. The van der Waals surface area contributed by atoms with Crippen molar-refractivity contribution in [3.05, 3.63) is 53.0 Å². The first-order valence-corrected chi connectivity index (χ1v) is 12.4. The molecule has 3 nitrogen and oxygen atoms in total. The zero-order valence-electron chi connectivity index (χ0n) is 21.8. The summed E-state index contributed by atoms with van der Waals surface area (Å²) in [6, 6.07) is 4.43. The van der Waals surface area contributed by atoms with Crippen molar-refractivity contribution in [2.75, 3.05) is 18.0 Å². The van der Waals surface area contributed by atoms with E-state index in [9.17, 15) is 0 Å². The summed E-state index contributed by atoms with van der Waals surface area (Å²) in [6.07, 6.45) is 12.4. The molecule has 1 aliphatic rings. The molecule has 0 radical (unpaired) electrons. The van der Waals surface area contributed by atoms with Crippen LogP contribution >= 0.6 is 0 Å². The predicted octanol–water partition coefficient (Wildman–Crippen LogP) is 7.27. The molecule has 0 aliphatic carbocycles. The van der Waals surface area contributed by atoms with E-state index in [0.717, 1.165) is 60.6 Å². The summed E-state index contributed by atoms with van der Waals surface area (Å²) in [7, 11) is 0. The summed E-state index contributed by atoms with van der Waals surface area (Å²) in [5.41, 5.74) is 9.17. The average molecular weight is 444 g/mol. The maximum absolute atomic E-state index is 5.76. The van der Waals surface area contributed by atoms with Crippen molar-refractivity contribution in [2.45, 2.75) is 80.1 Å². The predicted molar refractivity (Wildman–Crippen MR) is 142 cm³/mol. The molecule has 0 spiro atoms. The highest BCUT2D eigenvalue weighted by Crippen LogP contribution is 2.43. The third-order valence-electron chi connectivity index (χ3n) is 7.32. The quantitative estimate of drug-likeness (QED) is 0.421. The molecule has 1 aliphatic heterocycles. The number of anilines is 1. The van der Waals surface area contributed by atoms with Gasteiger partial charge in [-0.1, -0.05) is 53.2 Å². The number of terminal acetylenes is 1. The summed E-state index contributed by atoms with van der Waals surface area (Å²) in [4.78, 5) is 12.4. The second-order valence-corrected chi connectivity index (χ2v) is 10.9. The van der Waals surface area contributed by atoms with Crippen LogP contribution in [0.4, 0.5) is 5.69 Å². The molecule has 3 rings (SSSR count). The first-order chi connectivity index (χ1) is 15.5. The van der Waals surface area contributed by atoms with Gasteiger partial charge >= 0.3 is 0 Å². The van der Waals surface area contributed by atoms with Crippen LogP contribution in [-0.2, 0) is 6.42 Å². The SMILES string of the molecule is C#CC(=C)C(C)c1c(C)ncc(-c2ccc(CCC(C)C)c(C)n2)c1N1CCC(C)(C)CC1. The Labute approximate surface area is 201 Å². The van der Waals surface area contributed by atoms with E-state index in [1.165, 1.54) is 23.2 Å². The van der Waals surface area contributed by atoms with E-state index in [0.29, 0.717) is 11.3 Å². The molecule has 1 fully saturated rings. The molecule has 2 aromatic heterocycles. The molecule has 0 saturated carbocycles. The van der Waals surface area contributed by atoms with E-state index in [1.807, 2.05) is 6.20 Å². The van der Waals surface area contributed by atoms with Crippen LogP contribution in [0.2, 0.25) is 0 Å². The van der Waals surface area contributed by atoms with Crippen LogP contribution < -0.4 is 4.90 Å². The molecule has 0 bridgehead atoms. The fourth-order valence-corrected chi connectivity index (χ4v) is 4.74. The lowest BCUT2D eigenvalue weighted by Gasteiger charge is -2.40. The minimum atomic E-state index is 0.0406. The van der Waals surface area contributed by atoms with Gasteiger partial charge in [-0.15, -0.1) is 6.42 Å². The fourth-order valence-electron chi connectivity index (χ4n) is 4.74. The highest BCUT2D eigenvalue weighted by Gasteiger charge is 2.30. The molecule has 3 heteroatoms. The summed E-state index contributed by atoms with van der Waals surface area (Å²) < 4.78 is 0. The number of rotatable bonds is 7. The number of hydrogen-bond acceptors (Lipinski definition) is 3. The minimum Gasteiger partial charge on any atom is -0.371 e. The molecule has 1 atom stereocenters. The average Bonchev–Trinajstić information content (AvgIpc) is 2.77. The number of pyridine rings is 2. The Morgan fingerprint density at radius 2 is 1.82 bits per heavy atom. The molecule has 33 heavy (non-hydrogen) atoms. The van der Waals surface area contributed by atoms with Gasteiger partial charge in [0.2, 0.25) is 0 Å². The van der Waals surface area contributed by atoms with Crippen molar-refractivity contribution in [3.8, 4) is 23.6 Å². The Morgan fingerprint density at radius 1 is 1.15 bits per heavy atom. The third kappa shape index (κ3) is 5.67. The summed E-state index contributed by atoms with van der Waals surface area (Å²) in [6.45, 7) is 21.9. The highest BCUT2D eigenvalue weighted by molar-refractivity contribution is 5.80. The molecular weight excluding hydrogens is 402 g/mol. The molecule has 176 valence electrons. The second-order valence-electron chi connectivity index (χ2n) is 10.9. The maximum atomic E-state index is 5.76. The topological polar surface area (TPSA) is 29.0 Å². The lowest BCUT2D eigenvalue weighted by molar-refractivity contribution is 0.279. The van der Waals surface area contributed by atoms with Gasteiger partial charge in [0.25, 0.3) is 0 Å². The van der Waals surface area contributed by atoms with Crippen LogP contribution in [0.5, 0.6) is 0 Å². The van der Waals surface area contributed by atoms with Crippen molar-refractivity contribution in [3.63, 3.8) is 0 Å². The van der Waals surface area contributed by atoms with E-state index < -0.39 is 0 Å².